The molecule has 0 spiro atoms. The summed E-state index contributed by atoms with van der Waals surface area (Å²) in [6.45, 7) is 7.46. The Morgan fingerprint density at radius 1 is 0.880 bits per heavy atom. The van der Waals surface area contributed by atoms with E-state index in [0.717, 1.165) is 36.8 Å². The van der Waals surface area contributed by atoms with E-state index in [1.807, 2.05) is 36.1 Å². The number of aromatic nitrogens is 2. The van der Waals surface area contributed by atoms with E-state index in [1.54, 1.807) is 60.3 Å². The highest BCUT2D eigenvalue weighted by Gasteiger charge is 2.22. The highest BCUT2D eigenvalue weighted by Crippen LogP contribution is 2.23. The van der Waals surface area contributed by atoms with Gasteiger partial charge in [-0.1, -0.05) is 51.0 Å². The van der Waals surface area contributed by atoms with Crippen LogP contribution in [0.1, 0.15) is 83.6 Å². The predicted molar refractivity (Wildman–Crippen MR) is 194 cm³/mol. The summed E-state index contributed by atoms with van der Waals surface area (Å²) in [6.07, 6.45) is 5.06. The van der Waals surface area contributed by atoms with Crippen LogP contribution in [0, 0.1) is 6.92 Å². The first-order valence-electron chi connectivity index (χ1n) is 17.3. The van der Waals surface area contributed by atoms with Gasteiger partial charge in [-0.3, -0.25) is 14.4 Å². The number of rotatable bonds is 19. The number of unbranched alkanes of at least 4 members (excludes halogenated alkanes) is 2. The van der Waals surface area contributed by atoms with Gasteiger partial charge >= 0.3 is 0 Å². The molecule has 266 valence electrons. The number of hydrogen-bond donors (Lipinski definition) is 3. The van der Waals surface area contributed by atoms with Gasteiger partial charge in [0.15, 0.2) is 12.3 Å². The number of ether oxygens (including phenoxy) is 2. The second-order valence-electron chi connectivity index (χ2n) is 12.1. The van der Waals surface area contributed by atoms with Crippen LogP contribution in [0.5, 0.6) is 11.5 Å². The van der Waals surface area contributed by atoms with E-state index in [4.69, 9.17) is 14.6 Å². The van der Waals surface area contributed by atoms with Crippen molar-refractivity contribution in [3.05, 3.63) is 101 Å². The summed E-state index contributed by atoms with van der Waals surface area (Å²) in [6, 6.07) is 21.5. The lowest BCUT2D eigenvalue weighted by molar-refractivity contribution is -0.118. The van der Waals surface area contributed by atoms with Crippen molar-refractivity contribution in [3.8, 4) is 17.2 Å². The molecule has 0 aliphatic rings. The second-order valence-corrected chi connectivity index (χ2v) is 12.1. The summed E-state index contributed by atoms with van der Waals surface area (Å²) in [4.78, 5) is 42.3. The molecule has 0 bridgehead atoms. The van der Waals surface area contributed by atoms with Crippen molar-refractivity contribution in [1.29, 1.82) is 0 Å². The average Bonchev–Trinajstić information content (AvgIpc) is 3.53. The minimum absolute atomic E-state index is 0.0797. The van der Waals surface area contributed by atoms with Crippen molar-refractivity contribution >= 4 is 23.4 Å². The van der Waals surface area contributed by atoms with Gasteiger partial charge in [0.25, 0.3) is 17.7 Å². The van der Waals surface area contributed by atoms with E-state index in [9.17, 15) is 19.5 Å². The summed E-state index contributed by atoms with van der Waals surface area (Å²) in [5.74, 6) is 0.270. The molecule has 11 nitrogen and oxygen atoms in total. The van der Waals surface area contributed by atoms with Gasteiger partial charge < -0.3 is 30.1 Å². The third kappa shape index (κ3) is 10.4. The summed E-state index contributed by atoms with van der Waals surface area (Å²) in [7, 11) is 1.57. The van der Waals surface area contributed by atoms with Crippen LogP contribution in [0.4, 0.5) is 5.69 Å². The Morgan fingerprint density at radius 2 is 1.56 bits per heavy atom. The van der Waals surface area contributed by atoms with Crippen LogP contribution in [0.2, 0.25) is 0 Å². The van der Waals surface area contributed by atoms with Crippen LogP contribution in [0.15, 0.2) is 72.8 Å². The zero-order valence-corrected chi connectivity index (χ0v) is 29.5. The van der Waals surface area contributed by atoms with Crippen molar-refractivity contribution in [3.63, 3.8) is 0 Å². The zero-order chi connectivity index (χ0) is 35.9. The van der Waals surface area contributed by atoms with Crippen LogP contribution in [0.3, 0.4) is 0 Å². The molecular formula is C39H49N5O6. The number of aliphatic hydroxyl groups excluding tert-OH is 1. The average molecular weight is 684 g/mol. The number of nitrogens with zero attached hydrogens (tertiary/aromatic N) is 3. The van der Waals surface area contributed by atoms with E-state index >= 15 is 0 Å². The number of anilines is 1. The van der Waals surface area contributed by atoms with Crippen molar-refractivity contribution in [2.75, 3.05) is 38.7 Å². The maximum atomic E-state index is 13.9. The van der Waals surface area contributed by atoms with Crippen molar-refractivity contribution < 1.29 is 29.0 Å². The maximum absolute atomic E-state index is 13.9. The van der Waals surface area contributed by atoms with E-state index in [-0.39, 0.29) is 37.1 Å². The first-order chi connectivity index (χ1) is 24.3. The lowest BCUT2D eigenvalue weighted by Gasteiger charge is -2.21. The number of aliphatic hydroxyl groups is 1. The van der Waals surface area contributed by atoms with E-state index in [2.05, 4.69) is 24.5 Å². The lowest BCUT2D eigenvalue weighted by atomic mass is 10.0. The summed E-state index contributed by atoms with van der Waals surface area (Å²) >= 11 is 0. The molecule has 1 aromatic heterocycles. The number of carbonyl (C=O) groups is 3. The Labute approximate surface area is 294 Å². The van der Waals surface area contributed by atoms with Gasteiger partial charge in [-0.25, -0.2) is 4.68 Å². The third-order valence-corrected chi connectivity index (χ3v) is 8.30. The van der Waals surface area contributed by atoms with Gasteiger partial charge in [0.1, 0.15) is 11.5 Å². The first kappa shape index (κ1) is 37.7. The number of aryl methyl sites for hydroxylation is 2. The van der Waals surface area contributed by atoms with Crippen LogP contribution < -0.4 is 20.1 Å². The molecule has 0 aliphatic heterocycles. The molecule has 3 amide bonds. The zero-order valence-electron chi connectivity index (χ0n) is 29.5. The van der Waals surface area contributed by atoms with E-state index < -0.39 is 5.91 Å². The number of methoxy groups -OCH3 is 1. The lowest BCUT2D eigenvalue weighted by Crippen LogP contribution is -2.33. The van der Waals surface area contributed by atoms with Gasteiger partial charge in [0.2, 0.25) is 0 Å². The highest BCUT2D eigenvalue weighted by atomic mass is 16.5. The summed E-state index contributed by atoms with van der Waals surface area (Å²) in [5.41, 5.74) is 4.12. The minimum atomic E-state index is -0.403. The van der Waals surface area contributed by atoms with Gasteiger partial charge in [0, 0.05) is 37.6 Å². The van der Waals surface area contributed by atoms with Gasteiger partial charge in [0.05, 0.1) is 18.4 Å². The molecule has 11 heteroatoms. The minimum Gasteiger partial charge on any atom is -0.497 e. The second kappa shape index (κ2) is 19.1. The molecule has 0 unspecified atom stereocenters. The van der Waals surface area contributed by atoms with E-state index in [0.29, 0.717) is 60.2 Å². The maximum Gasteiger partial charge on any atom is 0.274 e. The smallest absolute Gasteiger partial charge is 0.274 e. The summed E-state index contributed by atoms with van der Waals surface area (Å²) in [5, 5.41) is 19.9. The fraction of sp³-hybridized carbons (Fsp3) is 0.385. The molecular weight excluding hydrogens is 634 g/mol. The Balaban J connectivity index is 1.61. The third-order valence-electron chi connectivity index (χ3n) is 8.30. The molecule has 0 aliphatic carbocycles. The molecule has 50 heavy (non-hydrogen) atoms. The molecule has 4 rings (SSSR count). The van der Waals surface area contributed by atoms with Gasteiger partial charge in [-0.2, -0.15) is 5.10 Å². The fourth-order valence-corrected chi connectivity index (χ4v) is 5.51. The molecule has 0 atom stereocenters. The van der Waals surface area contributed by atoms with Gasteiger partial charge in [-0.15, -0.1) is 0 Å². The fourth-order valence-electron chi connectivity index (χ4n) is 5.51. The van der Waals surface area contributed by atoms with E-state index in [1.165, 1.54) is 0 Å². The largest absolute Gasteiger partial charge is 0.497 e. The molecule has 0 saturated carbocycles. The predicted octanol–water partition coefficient (Wildman–Crippen LogP) is 6.10. The Hall–Kier alpha value is -5.16. The van der Waals surface area contributed by atoms with Crippen LogP contribution in [-0.2, 0) is 17.8 Å². The van der Waals surface area contributed by atoms with Crippen molar-refractivity contribution in [2.24, 2.45) is 0 Å². The molecule has 4 aromatic rings. The Bertz CT molecular complexity index is 1710. The molecule has 0 fully saturated rings. The number of benzene rings is 3. The number of carbonyl (C=O) groups excluding carboxylic acids is 3. The van der Waals surface area contributed by atoms with Crippen molar-refractivity contribution in [1.82, 2.24) is 20.0 Å². The number of nitrogens with one attached hydrogen (secondary N) is 2. The Morgan fingerprint density at radius 3 is 2.22 bits per heavy atom. The van der Waals surface area contributed by atoms with Gasteiger partial charge in [-0.05, 0) is 92.3 Å². The Kier molecular flexibility index (Phi) is 14.4. The van der Waals surface area contributed by atoms with Crippen molar-refractivity contribution in [2.45, 2.75) is 65.8 Å². The van der Waals surface area contributed by atoms with Crippen LogP contribution in [0.25, 0.3) is 5.69 Å². The SMILES string of the molecule is CCCCN(CCCC)C(=O)c1cc(C)n(-c2ccc(NC(=O)COc3ccc(OC)cc3)cc2C(=O)NCc2ccccc2CCCO)n1. The quantitative estimate of drug-likeness (QED) is 0.109. The molecule has 3 N–H and O–H groups in total. The van der Waals surface area contributed by atoms with Crippen LogP contribution >= 0.6 is 0 Å². The molecule has 1 heterocycles. The topological polar surface area (TPSA) is 135 Å². The first-order valence-corrected chi connectivity index (χ1v) is 17.3. The molecule has 0 saturated heterocycles. The molecule has 3 aromatic carbocycles. The number of amides is 3. The number of hydrogen-bond acceptors (Lipinski definition) is 7. The normalized spacial score (nSPS) is 10.8. The standard InChI is InChI=1S/C39H49N5O6/c1-5-7-21-43(22-8-6-2)39(48)35-24-28(3)44(42-35)36-20-15-31(41-37(46)27-50-33-18-16-32(49-4)17-19-33)25-34(36)38(47)40-26-30-13-10-9-12-29(30)14-11-23-45/h9-10,12-13,15-20,24-25,45H,5-8,11,14,21-23,26-27H2,1-4H3,(H,40,47)(H,41,46). The summed E-state index contributed by atoms with van der Waals surface area (Å²) < 4.78 is 12.4. The molecule has 0 radical (unpaired) electrons. The monoisotopic (exact) mass is 683 g/mol. The highest BCUT2D eigenvalue weighted by molar-refractivity contribution is 6.00. The van der Waals surface area contributed by atoms with Crippen LogP contribution in [-0.4, -0.2) is 70.9 Å².